The van der Waals surface area contributed by atoms with Crippen LogP contribution in [0.25, 0.3) is 0 Å². The molecule has 0 aliphatic carbocycles. The Balaban J connectivity index is 1.46. The number of amides is 3. The summed E-state index contributed by atoms with van der Waals surface area (Å²) in [4.78, 5) is 24.8. The highest BCUT2D eigenvalue weighted by atomic mass is 35.5. The number of urea groups is 1. The van der Waals surface area contributed by atoms with Crippen LogP contribution in [-0.4, -0.2) is 49.0 Å². The molecule has 3 amide bonds. The summed E-state index contributed by atoms with van der Waals surface area (Å²) in [5, 5.41) is 19.1. The molecule has 1 saturated heterocycles. The summed E-state index contributed by atoms with van der Waals surface area (Å²) in [6, 6.07) is 11.4. The van der Waals surface area contributed by atoms with E-state index in [0.29, 0.717) is 40.9 Å². The largest absolute Gasteiger partial charge is 0.495 e. The zero-order valence-electron chi connectivity index (χ0n) is 18.1. The quantitative estimate of drug-likeness (QED) is 0.446. The average Bonchev–Trinajstić information content (AvgIpc) is 2.81. The molecule has 1 aliphatic heterocycles. The Morgan fingerprint density at radius 2 is 1.94 bits per heavy atom. The molecule has 0 unspecified atom stereocenters. The number of carbonyl (C=O) groups excluding carboxylic acids is 2. The van der Waals surface area contributed by atoms with E-state index in [9.17, 15) is 14.7 Å². The lowest BCUT2D eigenvalue weighted by Gasteiger charge is -2.36. The second-order valence-corrected chi connectivity index (χ2v) is 8.51. The Kier molecular flexibility index (Phi) is 9.20. The number of ether oxygens (including phenoxy) is 2. The van der Waals surface area contributed by atoms with E-state index in [1.54, 1.807) is 42.5 Å². The minimum Gasteiger partial charge on any atom is -0.495 e. The number of methoxy groups -OCH3 is 1. The van der Waals surface area contributed by atoms with E-state index in [4.69, 9.17) is 32.7 Å². The third-order valence-corrected chi connectivity index (χ3v) is 6.09. The van der Waals surface area contributed by atoms with E-state index < -0.39 is 12.1 Å². The predicted molar refractivity (Wildman–Crippen MR) is 127 cm³/mol. The number of para-hydroxylation sites is 2. The highest BCUT2D eigenvalue weighted by Gasteiger charge is 2.33. The number of aliphatic hydroxyl groups is 1. The zero-order chi connectivity index (χ0) is 23.8. The van der Waals surface area contributed by atoms with Gasteiger partial charge in [-0.1, -0.05) is 41.4 Å². The maximum absolute atomic E-state index is 12.4. The van der Waals surface area contributed by atoms with E-state index in [0.717, 1.165) is 5.56 Å². The van der Waals surface area contributed by atoms with Gasteiger partial charge in [0.1, 0.15) is 11.9 Å². The highest BCUT2D eigenvalue weighted by molar-refractivity contribution is 6.42. The summed E-state index contributed by atoms with van der Waals surface area (Å²) < 4.78 is 11.1. The Morgan fingerprint density at radius 1 is 1.15 bits per heavy atom. The minimum absolute atomic E-state index is 0.151. The molecule has 0 saturated carbocycles. The van der Waals surface area contributed by atoms with E-state index in [1.807, 2.05) is 0 Å². The van der Waals surface area contributed by atoms with Gasteiger partial charge in [0.15, 0.2) is 0 Å². The van der Waals surface area contributed by atoms with Gasteiger partial charge in [-0.3, -0.25) is 4.79 Å². The first-order valence-corrected chi connectivity index (χ1v) is 11.3. The molecular formula is C23H27Cl2N3O5. The number of nitrogens with one attached hydrogen (secondary N) is 3. The minimum atomic E-state index is -0.616. The number of anilines is 1. The summed E-state index contributed by atoms with van der Waals surface area (Å²) in [6.45, 7) is 0.0418. The summed E-state index contributed by atoms with van der Waals surface area (Å²) in [7, 11) is 1.52. The Morgan fingerprint density at radius 3 is 2.67 bits per heavy atom. The summed E-state index contributed by atoms with van der Waals surface area (Å²) in [5.41, 5.74) is 1.37. The lowest BCUT2D eigenvalue weighted by atomic mass is 9.97. The van der Waals surface area contributed by atoms with Gasteiger partial charge in [0.2, 0.25) is 5.91 Å². The van der Waals surface area contributed by atoms with Crippen LogP contribution in [0.2, 0.25) is 10.0 Å². The van der Waals surface area contributed by atoms with Gasteiger partial charge in [-0.2, -0.15) is 0 Å². The maximum Gasteiger partial charge on any atom is 0.319 e. The van der Waals surface area contributed by atoms with Crippen molar-refractivity contribution in [3.63, 3.8) is 0 Å². The fourth-order valence-electron chi connectivity index (χ4n) is 3.65. The molecule has 1 heterocycles. The Bertz CT molecular complexity index is 975. The fraction of sp³-hybridized carbons (Fsp3) is 0.391. The van der Waals surface area contributed by atoms with Gasteiger partial charge >= 0.3 is 6.03 Å². The molecule has 10 heteroatoms. The van der Waals surface area contributed by atoms with Gasteiger partial charge in [-0.25, -0.2) is 4.79 Å². The van der Waals surface area contributed by atoms with Crippen molar-refractivity contribution in [2.24, 2.45) is 0 Å². The lowest BCUT2D eigenvalue weighted by Crippen LogP contribution is -2.52. The molecule has 4 N–H and O–H groups in total. The van der Waals surface area contributed by atoms with Crippen molar-refractivity contribution in [2.75, 3.05) is 19.0 Å². The second-order valence-electron chi connectivity index (χ2n) is 7.69. The van der Waals surface area contributed by atoms with Gasteiger partial charge in [0, 0.05) is 6.54 Å². The number of carbonyl (C=O) groups is 2. The standard InChI is InChI=1S/C23H27Cl2N3O5/c1-32-20-5-3-2-4-18(20)27-23(31)28-19-9-7-15(33-21(19)13-29)11-22(30)26-12-14-6-8-16(24)17(25)10-14/h2-6,8,10,15,19,21,29H,7,9,11-13H2,1H3,(H,26,30)(H2,27,28,31)/t15-,19+,21+/m0/s1. The van der Waals surface area contributed by atoms with Crippen molar-refractivity contribution in [2.45, 2.75) is 44.1 Å². The number of benzene rings is 2. The van der Waals surface area contributed by atoms with E-state index in [2.05, 4.69) is 16.0 Å². The van der Waals surface area contributed by atoms with Crippen molar-refractivity contribution >= 4 is 40.8 Å². The second kappa shape index (κ2) is 12.1. The van der Waals surface area contributed by atoms with E-state index >= 15 is 0 Å². The normalized spacial score (nSPS) is 20.1. The molecule has 0 radical (unpaired) electrons. The van der Waals surface area contributed by atoms with Gasteiger partial charge in [0.25, 0.3) is 0 Å². The molecular weight excluding hydrogens is 469 g/mol. The molecule has 1 fully saturated rings. The van der Waals surface area contributed by atoms with E-state index in [1.165, 1.54) is 7.11 Å². The number of halogens is 2. The maximum atomic E-state index is 12.4. The van der Waals surface area contributed by atoms with Gasteiger partial charge in [-0.05, 0) is 42.7 Å². The topological polar surface area (TPSA) is 109 Å². The number of hydrogen-bond donors (Lipinski definition) is 4. The predicted octanol–water partition coefficient (Wildman–Crippen LogP) is 3.74. The third-order valence-electron chi connectivity index (χ3n) is 5.35. The number of rotatable bonds is 8. The van der Waals surface area contributed by atoms with Crippen molar-refractivity contribution in [3.8, 4) is 5.75 Å². The van der Waals surface area contributed by atoms with Crippen molar-refractivity contribution in [1.82, 2.24) is 10.6 Å². The van der Waals surface area contributed by atoms with Crippen LogP contribution in [0.4, 0.5) is 10.5 Å². The molecule has 3 rings (SSSR count). The summed E-state index contributed by atoms with van der Waals surface area (Å²) in [5.74, 6) is 0.362. The van der Waals surface area contributed by atoms with Gasteiger partial charge < -0.3 is 30.5 Å². The first-order valence-electron chi connectivity index (χ1n) is 10.6. The lowest BCUT2D eigenvalue weighted by molar-refractivity contribution is -0.130. The fourth-order valence-corrected chi connectivity index (χ4v) is 3.97. The first kappa shape index (κ1) is 25.1. The first-order chi connectivity index (χ1) is 15.9. The van der Waals surface area contributed by atoms with Crippen molar-refractivity contribution in [1.29, 1.82) is 0 Å². The Hall–Kier alpha value is -2.52. The van der Waals surface area contributed by atoms with Crippen LogP contribution < -0.4 is 20.7 Å². The Labute approximate surface area is 202 Å². The smallest absolute Gasteiger partial charge is 0.319 e. The van der Waals surface area contributed by atoms with Crippen LogP contribution in [0.3, 0.4) is 0 Å². The molecule has 0 aromatic heterocycles. The van der Waals surface area contributed by atoms with Crippen LogP contribution in [0.15, 0.2) is 42.5 Å². The summed E-state index contributed by atoms with van der Waals surface area (Å²) in [6.07, 6.45) is 0.310. The van der Waals surface area contributed by atoms with Crippen molar-refractivity contribution < 1.29 is 24.2 Å². The number of aliphatic hydroxyl groups excluding tert-OH is 1. The molecule has 0 bridgehead atoms. The SMILES string of the molecule is COc1ccccc1NC(=O)N[C@@H]1CC[C@@H](CC(=O)NCc2ccc(Cl)c(Cl)c2)O[C@@H]1CO. The third kappa shape index (κ3) is 7.23. The monoisotopic (exact) mass is 495 g/mol. The zero-order valence-corrected chi connectivity index (χ0v) is 19.7. The van der Waals surface area contributed by atoms with Crippen LogP contribution >= 0.6 is 23.2 Å². The molecule has 8 nitrogen and oxygen atoms in total. The molecule has 2 aromatic rings. The molecule has 1 aliphatic rings. The molecule has 2 aromatic carbocycles. The highest BCUT2D eigenvalue weighted by Crippen LogP contribution is 2.25. The molecule has 178 valence electrons. The van der Waals surface area contributed by atoms with Crippen LogP contribution in [0.1, 0.15) is 24.8 Å². The average molecular weight is 496 g/mol. The van der Waals surface area contributed by atoms with Crippen LogP contribution in [-0.2, 0) is 16.1 Å². The number of hydrogen-bond acceptors (Lipinski definition) is 5. The van der Waals surface area contributed by atoms with E-state index in [-0.39, 0.29) is 31.1 Å². The van der Waals surface area contributed by atoms with Crippen LogP contribution in [0.5, 0.6) is 5.75 Å². The molecule has 3 atom stereocenters. The summed E-state index contributed by atoms with van der Waals surface area (Å²) >= 11 is 11.9. The molecule has 33 heavy (non-hydrogen) atoms. The van der Waals surface area contributed by atoms with Gasteiger partial charge in [-0.15, -0.1) is 0 Å². The van der Waals surface area contributed by atoms with Gasteiger partial charge in [0.05, 0.1) is 48.0 Å². The van der Waals surface area contributed by atoms with Crippen molar-refractivity contribution in [3.05, 3.63) is 58.1 Å². The molecule has 0 spiro atoms. The van der Waals surface area contributed by atoms with Crippen LogP contribution in [0, 0.1) is 0 Å².